The number of carbonyl (C=O) groups is 3. The van der Waals surface area contributed by atoms with E-state index < -0.39 is 35.6 Å². The minimum Gasteiger partial charge on any atom is -0.508 e. The maximum absolute atomic E-state index is 13.7. The van der Waals surface area contributed by atoms with Gasteiger partial charge in [0.15, 0.2) is 0 Å². The van der Waals surface area contributed by atoms with Crippen LogP contribution in [0.2, 0.25) is 0 Å². The monoisotopic (exact) mass is 497 g/mol. The number of carbonyl (C=O) groups excluding carboxylic acids is 3. The molecule has 3 amide bonds. The molecule has 0 heterocycles. The van der Waals surface area contributed by atoms with E-state index in [9.17, 15) is 19.5 Å². The first-order valence-corrected chi connectivity index (χ1v) is 12.0. The van der Waals surface area contributed by atoms with Crippen LogP contribution < -0.4 is 15.4 Å². The lowest BCUT2D eigenvalue weighted by Gasteiger charge is -2.34. The summed E-state index contributed by atoms with van der Waals surface area (Å²) in [5.74, 6) is -0.0631. The molecule has 2 aromatic rings. The number of methoxy groups -OCH3 is 1. The molecule has 0 radical (unpaired) electrons. The maximum atomic E-state index is 13.7. The van der Waals surface area contributed by atoms with Gasteiger partial charge in [-0.2, -0.15) is 0 Å². The second-order valence-corrected chi connectivity index (χ2v) is 10.0. The first-order valence-electron chi connectivity index (χ1n) is 12.0. The molecule has 1 aliphatic carbocycles. The second kappa shape index (κ2) is 10.9. The molecule has 194 valence electrons. The van der Waals surface area contributed by atoms with Crippen LogP contribution in [0.1, 0.15) is 57.7 Å². The summed E-state index contributed by atoms with van der Waals surface area (Å²) in [4.78, 5) is 41.2. The van der Waals surface area contributed by atoms with Gasteiger partial charge in [-0.15, -0.1) is 0 Å². The van der Waals surface area contributed by atoms with Gasteiger partial charge in [-0.3, -0.25) is 9.59 Å². The molecule has 2 atom stereocenters. The van der Waals surface area contributed by atoms with E-state index in [1.165, 1.54) is 11.0 Å². The molecule has 0 aromatic heterocycles. The number of hydrogen-bond acceptors (Lipinski definition) is 6. The Morgan fingerprint density at radius 1 is 1.08 bits per heavy atom. The van der Waals surface area contributed by atoms with Crippen molar-refractivity contribution in [3.63, 3.8) is 0 Å². The molecule has 1 fully saturated rings. The molecule has 9 heteroatoms. The SMILES string of the molecule is COc1ccc(NC(=O)C(c2ccc(O)c(C)c2)N(C(=O)C(C)NC(=O)OC(C)(C)C)C2CC2)cc1. The predicted octanol–water partition coefficient (Wildman–Crippen LogP) is 4.29. The quantitative estimate of drug-likeness (QED) is 0.501. The molecule has 36 heavy (non-hydrogen) atoms. The Labute approximate surface area is 211 Å². The van der Waals surface area contributed by atoms with E-state index in [0.29, 0.717) is 22.6 Å². The fourth-order valence-corrected chi connectivity index (χ4v) is 3.81. The lowest BCUT2D eigenvalue weighted by atomic mass is 10.00. The number of amides is 3. The number of aryl methyl sites for hydroxylation is 1. The Kier molecular flexibility index (Phi) is 8.12. The third-order valence-corrected chi connectivity index (χ3v) is 5.72. The minimum atomic E-state index is -0.978. The molecule has 1 aliphatic rings. The summed E-state index contributed by atoms with van der Waals surface area (Å²) in [7, 11) is 1.56. The number of benzene rings is 2. The summed E-state index contributed by atoms with van der Waals surface area (Å²) in [6.45, 7) is 8.52. The zero-order chi connectivity index (χ0) is 26.6. The largest absolute Gasteiger partial charge is 0.508 e. The van der Waals surface area contributed by atoms with E-state index in [0.717, 1.165) is 12.8 Å². The molecule has 0 spiro atoms. The molecular formula is C27H35N3O6. The van der Waals surface area contributed by atoms with Crippen molar-refractivity contribution >= 4 is 23.6 Å². The third-order valence-electron chi connectivity index (χ3n) is 5.72. The number of phenols is 1. The van der Waals surface area contributed by atoms with Crippen molar-refractivity contribution in [2.75, 3.05) is 12.4 Å². The summed E-state index contributed by atoms with van der Waals surface area (Å²) in [5, 5.41) is 15.5. The highest BCUT2D eigenvalue weighted by Crippen LogP contribution is 2.37. The van der Waals surface area contributed by atoms with Gasteiger partial charge in [0.05, 0.1) is 7.11 Å². The van der Waals surface area contributed by atoms with E-state index in [2.05, 4.69) is 10.6 Å². The van der Waals surface area contributed by atoms with Crippen LogP contribution in [0.25, 0.3) is 0 Å². The zero-order valence-electron chi connectivity index (χ0n) is 21.6. The molecule has 3 rings (SSSR count). The van der Waals surface area contributed by atoms with Gasteiger partial charge in [-0.05, 0) is 95.0 Å². The number of alkyl carbamates (subject to hydrolysis) is 1. The number of nitrogens with zero attached hydrogens (tertiary/aromatic N) is 1. The summed E-state index contributed by atoms with van der Waals surface area (Å²) in [6.07, 6.45) is 0.779. The molecular weight excluding hydrogens is 462 g/mol. The van der Waals surface area contributed by atoms with Crippen LogP contribution in [0.15, 0.2) is 42.5 Å². The molecule has 3 N–H and O–H groups in total. The smallest absolute Gasteiger partial charge is 0.408 e. The Morgan fingerprint density at radius 3 is 2.25 bits per heavy atom. The number of anilines is 1. The third kappa shape index (κ3) is 6.90. The molecule has 9 nitrogen and oxygen atoms in total. The van der Waals surface area contributed by atoms with E-state index >= 15 is 0 Å². The first-order chi connectivity index (χ1) is 16.9. The van der Waals surface area contributed by atoms with Crippen LogP contribution in [-0.2, 0) is 14.3 Å². The summed E-state index contributed by atoms with van der Waals surface area (Å²) in [6, 6.07) is 9.67. The summed E-state index contributed by atoms with van der Waals surface area (Å²) < 4.78 is 10.5. The lowest BCUT2D eigenvalue weighted by Crippen LogP contribution is -2.52. The van der Waals surface area contributed by atoms with Gasteiger partial charge < -0.3 is 30.1 Å². The average Bonchev–Trinajstić information content (AvgIpc) is 3.63. The molecule has 0 saturated heterocycles. The normalized spacial score (nSPS) is 14.8. The zero-order valence-corrected chi connectivity index (χ0v) is 21.6. The van der Waals surface area contributed by atoms with Crippen molar-refractivity contribution in [3.8, 4) is 11.5 Å². The van der Waals surface area contributed by atoms with E-state index in [1.54, 1.807) is 78.1 Å². The summed E-state index contributed by atoms with van der Waals surface area (Å²) >= 11 is 0. The van der Waals surface area contributed by atoms with Gasteiger partial charge in [0.25, 0.3) is 5.91 Å². The molecule has 1 saturated carbocycles. The number of rotatable bonds is 8. The highest BCUT2D eigenvalue weighted by Gasteiger charge is 2.43. The second-order valence-electron chi connectivity index (χ2n) is 10.0. The van der Waals surface area contributed by atoms with Crippen LogP contribution in [0.3, 0.4) is 0 Å². The fraction of sp³-hybridized carbons (Fsp3) is 0.444. The topological polar surface area (TPSA) is 117 Å². The van der Waals surface area contributed by atoms with E-state index in [1.807, 2.05) is 0 Å². The van der Waals surface area contributed by atoms with Gasteiger partial charge in [0, 0.05) is 11.7 Å². The first kappa shape index (κ1) is 26.8. The van der Waals surface area contributed by atoms with Crippen molar-refractivity contribution in [2.24, 2.45) is 0 Å². The van der Waals surface area contributed by atoms with Crippen LogP contribution in [-0.4, -0.2) is 52.7 Å². The van der Waals surface area contributed by atoms with Crippen molar-refractivity contribution in [1.82, 2.24) is 10.2 Å². The van der Waals surface area contributed by atoms with Crippen molar-refractivity contribution in [3.05, 3.63) is 53.6 Å². The standard InChI is InChI=1S/C27H35N3O6/c1-16-15-18(7-14-22(16)31)23(24(32)29-19-8-12-21(35-6)13-9-19)30(20-10-11-20)25(33)17(2)28-26(34)36-27(3,4)5/h7-9,12-15,17,20,23,31H,10-11H2,1-6H3,(H,28,34)(H,29,32). The Hall–Kier alpha value is -3.75. The van der Waals surface area contributed by atoms with Crippen LogP contribution in [0.4, 0.5) is 10.5 Å². The number of ether oxygens (including phenoxy) is 2. The van der Waals surface area contributed by atoms with Gasteiger partial charge in [-0.25, -0.2) is 4.79 Å². The highest BCUT2D eigenvalue weighted by molar-refractivity contribution is 5.99. The number of hydrogen-bond donors (Lipinski definition) is 3. The predicted molar refractivity (Wildman–Crippen MR) is 136 cm³/mol. The van der Waals surface area contributed by atoms with Crippen LogP contribution in [0.5, 0.6) is 11.5 Å². The Balaban J connectivity index is 1.92. The fourth-order valence-electron chi connectivity index (χ4n) is 3.81. The molecule has 2 unspecified atom stereocenters. The average molecular weight is 498 g/mol. The number of nitrogens with one attached hydrogen (secondary N) is 2. The number of phenolic OH excluding ortho intramolecular Hbond substituents is 1. The Bertz CT molecular complexity index is 1110. The van der Waals surface area contributed by atoms with E-state index in [-0.39, 0.29) is 11.8 Å². The molecule has 0 bridgehead atoms. The summed E-state index contributed by atoms with van der Waals surface area (Å²) in [5.41, 5.74) is 0.969. The van der Waals surface area contributed by atoms with Crippen LogP contribution >= 0.6 is 0 Å². The van der Waals surface area contributed by atoms with E-state index in [4.69, 9.17) is 9.47 Å². The minimum absolute atomic E-state index is 0.0947. The highest BCUT2D eigenvalue weighted by atomic mass is 16.6. The van der Waals surface area contributed by atoms with Gasteiger partial charge >= 0.3 is 6.09 Å². The molecule has 2 aromatic carbocycles. The van der Waals surface area contributed by atoms with Crippen molar-refractivity contribution in [1.29, 1.82) is 0 Å². The molecule has 0 aliphatic heterocycles. The van der Waals surface area contributed by atoms with Gasteiger partial charge in [-0.1, -0.05) is 6.07 Å². The Morgan fingerprint density at radius 2 is 1.72 bits per heavy atom. The van der Waals surface area contributed by atoms with Crippen molar-refractivity contribution < 1.29 is 29.0 Å². The van der Waals surface area contributed by atoms with Gasteiger partial charge in [0.1, 0.15) is 29.2 Å². The van der Waals surface area contributed by atoms with Gasteiger partial charge in [0.2, 0.25) is 5.91 Å². The van der Waals surface area contributed by atoms with Crippen LogP contribution in [0, 0.1) is 6.92 Å². The maximum Gasteiger partial charge on any atom is 0.408 e. The van der Waals surface area contributed by atoms with Crippen molar-refractivity contribution in [2.45, 2.75) is 71.2 Å². The lowest BCUT2D eigenvalue weighted by molar-refractivity contribution is -0.141. The number of aromatic hydroxyl groups is 1.